The van der Waals surface area contributed by atoms with Crippen molar-refractivity contribution in [1.82, 2.24) is 4.98 Å². The van der Waals surface area contributed by atoms with E-state index in [0.29, 0.717) is 0 Å². The highest BCUT2D eigenvalue weighted by molar-refractivity contribution is 7.10. The van der Waals surface area contributed by atoms with Crippen LogP contribution >= 0.6 is 11.3 Å². The summed E-state index contributed by atoms with van der Waals surface area (Å²) in [6, 6.07) is 5.74. The molecule has 4 nitrogen and oxygen atoms in total. The molecule has 0 amide bonds. The molecular formula is C10H10N2O2S. The van der Waals surface area contributed by atoms with E-state index < -0.39 is 0 Å². The van der Waals surface area contributed by atoms with Crippen molar-refractivity contribution < 1.29 is 4.92 Å². The minimum atomic E-state index is -0.266. The van der Waals surface area contributed by atoms with Gasteiger partial charge in [0.1, 0.15) is 0 Å². The first-order valence-electron chi connectivity index (χ1n) is 4.55. The zero-order valence-corrected chi connectivity index (χ0v) is 8.74. The van der Waals surface area contributed by atoms with Gasteiger partial charge in [-0.2, -0.15) is 0 Å². The number of H-pyrrole nitrogens is 1. The van der Waals surface area contributed by atoms with Gasteiger partial charge in [0, 0.05) is 22.2 Å². The SMILES string of the molecule is O=[N+]([O-])CC(c1cc[nH]c1)c1cccs1. The van der Waals surface area contributed by atoms with E-state index in [1.165, 1.54) is 0 Å². The molecule has 2 aromatic heterocycles. The zero-order chi connectivity index (χ0) is 10.7. The van der Waals surface area contributed by atoms with Crippen LogP contribution in [0.1, 0.15) is 16.4 Å². The van der Waals surface area contributed by atoms with Gasteiger partial charge in [0.15, 0.2) is 0 Å². The molecule has 0 fully saturated rings. The molecule has 5 heteroatoms. The number of thiophene rings is 1. The van der Waals surface area contributed by atoms with Crippen molar-refractivity contribution >= 4 is 11.3 Å². The van der Waals surface area contributed by atoms with Gasteiger partial charge in [-0.15, -0.1) is 11.3 Å². The zero-order valence-electron chi connectivity index (χ0n) is 7.92. The number of aromatic amines is 1. The summed E-state index contributed by atoms with van der Waals surface area (Å²) < 4.78 is 0. The Morgan fingerprint density at radius 3 is 2.93 bits per heavy atom. The lowest BCUT2D eigenvalue weighted by molar-refractivity contribution is -0.481. The third kappa shape index (κ3) is 2.24. The van der Waals surface area contributed by atoms with Crippen LogP contribution in [-0.4, -0.2) is 16.5 Å². The number of nitro groups is 1. The van der Waals surface area contributed by atoms with Crippen LogP contribution in [0.4, 0.5) is 0 Å². The summed E-state index contributed by atoms with van der Waals surface area (Å²) in [4.78, 5) is 14.3. The third-order valence-electron chi connectivity index (χ3n) is 2.24. The van der Waals surface area contributed by atoms with Crippen LogP contribution in [-0.2, 0) is 0 Å². The van der Waals surface area contributed by atoms with Gasteiger partial charge in [-0.3, -0.25) is 10.1 Å². The second-order valence-corrected chi connectivity index (χ2v) is 4.21. The summed E-state index contributed by atoms with van der Waals surface area (Å²) in [6.07, 6.45) is 3.60. The molecule has 0 aliphatic rings. The second kappa shape index (κ2) is 4.27. The molecular weight excluding hydrogens is 212 g/mol. The van der Waals surface area contributed by atoms with Crippen molar-refractivity contribution in [3.63, 3.8) is 0 Å². The minimum absolute atomic E-state index is 0.0572. The van der Waals surface area contributed by atoms with Crippen molar-refractivity contribution in [2.45, 2.75) is 5.92 Å². The van der Waals surface area contributed by atoms with Crippen LogP contribution in [0.3, 0.4) is 0 Å². The van der Waals surface area contributed by atoms with Crippen molar-refractivity contribution in [3.8, 4) is 0 Å². The molecule has 2 rings (SSSR count). The molecule has 2 heterocycles. The van der Waals surface area contributed by atoms with E-state index in [-0.39, 0.29) is 17.4 Å². The van der Waals surface area contributed by atoms with Crippen LogP contribution in [0.5, 0.6) is 0 Å². The largest absolute Gasteiger partial charge is 0.367 e. The molecule has 15 heavy (non-hydrogen) atoms. The van der Waals surface area contributed by atoms with E-state index in [2.05, 4.69) is 4.98 Å². The molecule has 0 bridgehead atoms. The molecule has 2 aromatic rings. The fourth-order valence-corrected chi connectivity index (χ4v) is 2.40. The number of aromatic nitrogens is 1. The van der Waals surface area contributed by atoms with Gasteiger partial charge in [0.2, 0.25) is 6.54 Å². The van der Waals surface area contributed by atoms with Gasteiger partial charge in [0.25, 0.3) is 0 Å². The summed E-state index contributed by atoms with van der Waals surface area (Å²) in [5.41, 5.74) is 0.967. The second-order valence-electron chi connectivity index (χ2n) is 3.23. The summed E-state index contributed by atoms with van der Waals surface area (Å²) in [5.74, 6) is -0.133. The van der Waals surface area contributed by atoms with E-state index >= 15 is 0 Å². The van der Waals surface area contributed by atoms with Gasteiger partial charge in [0.05, 0.1) is 5.92 Å². The molecule has 0 saturated carbocycles. The van der Waals surface area contributed by atoms with Crippen molar-refractivity contribution in [1.29, 1.82) is 0 Å². The summed E-state index contributed by atoms with van der Waals surface area (Å²) >= 11 is 1.55. The number of hydrogen-bond acceptors (Lipinski definition) is 3. The summed E-state index contributed by atoms with van der Waals surface area (Å²) in [7, 11) is 0. The Hall–Kier alpha value is -1.62. The molecule has 0 spiro atoms. The smallest absolute Gasteiger partial charge is 0.215 e. The molecule has 0 aliphatic carbocycles. The van der Waals surface area contributed by atoms with Crippen LogP contribution in [0, 0.1) is 10.1 Å². The topological polar surface area (TPSA) is 58.9 Å². The molecule has 1 atom stereocenters. The highest BCUT2D eigenvalue weighted by atomic mass is 32.1. The standard InChI is InChI=1S/C10H10N2O2S/c13-12(14)7-9(8-3-4-11-6-8)10-2-1-5-15-10/h1-6,9,11H,7H2. The predicted octanol–water partition coefficient (Wildman–Crippen LogP) is 2.48. The van der Waals surface area contributed by atoms with E-state index in [1.807, 2.05) is 29.8 Å². The fraction of sp³-hybridized carbons (Fsp3) is 0.200. The molecule has 0 aliphatic heterocycles. The van der Waals surface area contributed by atoms with Gasteiger partial charge in [-0.1, -0.05) is 6.07 Å². The van der Waals surface area contributed by atoms with Gasteiger partial charge in [-0.25, -0.2) is 0 Å². The minimum Gasteiger partial charge on any atom is -0.367 e. The van der Waals surface area contributed by atoms with Crippen LogP contribution in [0.15, 0.2) is 36.0 Å². The lowest BCUT2D eigenvalue weighted by Gasteiger charge is -2.08. The normalized spacial score (nSPS) is 12.5. The maximum atomic E-state index is 10.6. The van der Waals surface area contributed by atoms with Crippen LogP contribution in [0.2, 0.25) is 0 Å². The predicted molar refractivity (Wildman–Crippen MR) is 58.8 cm³/mol. The monoisotopic (exact) mass is 222 g/mol. The van der Waals surface area contributed by atoms with Crippen molar-refractivity contribution in [2.75, 3.05) is 6.54 Å². The Labute approximate surface area is 90.7 Å². The average Bonchev–Trinajstić information content (AvgIpc) is 2.87. The highest BCUT2D eigenvalue weighted by Crippen LogP contribution is 2.28. The van der Waals surface area contributed by atoms with Crippen molar-refractivity contribution in [2.24, 2.45) is 0 Å². The van der Waals surface area contributed by atoms with E-state index in [0.717, 1.165) is 10.4 Å². The first-order chi connectivity index (χ1) is 7.27. The maximum absolute atomic E-state index is 10.6. The third-order valence-corrected chi connectivity index (χ3v) is 3.23. The highest BCUT2D eigenvalue weighted by Gasteiger charge is 2.21. The van der Waals surface area contributed by atoms with Crippen LogP contribution in [0.25, 0.3) is 0 Å². The Morgan fingerprint density at radius 1 is 1.53 bits per heavy atom. The Bertz CT molecular complexity index is 388. The lowest BCUT2D eigenvalue weighted by atomic mass is 10.0. The summed E-state index contributed by atoms with van der Waals surface area (Å²) in [6.45, 7) is -0.0572. The molecule has 0 aromatic carbocycles. The average molecular weight is 222 g/mol. The number of rotatable bonds is 4. The maximum Gasteiger partial charge on any atom is 0.215 e. The molecule has 0 saturated heterocycles. The van der Waals surface area contributed by atoms with E-state index in [4.69, 9.17) is 0 Å². The Kier molecular flexibility index (Phi) is 2.82. The van der Waals surface area contributed by atoms with E-state index in [1.54, 1.807) is 17.5 Å². The van der Waals surface area contributed by atoms with Crippen LogP contribution < -0.4 is 0 Å². The van der Waals surface area contributed by atoms with E-state index in [9.17, 15) is 10.1 Å². The number of nitrogens with one attached hydrogen (secondary N) is 1. The molecule has 1 N–H and O–H groups in total. The number of hydrogen-bond donors (Lipinski definition) is 1. The van der Waals surface area contributed by atoms with Gasteiger partial charge >= 0.3 is 0 Å². The molecule has 1 unspecified atom stereocenters. The quantitative estimate of drug-likeness (QED) is 0.638. The Morgan fingerprint density at radius 2 is 2.40 bits per heavy atom. The molecule has 78 valence electrons. The summed E-state index contributed by atoms with van der Waals surface area (Å²) in [5, 5.41) is 12.5. The number of nitrogens with zero attached hydrogens (tertiary/aromatic N) is 1. The first kappa shape index (κ1) is 9.92. The Balaban J connectivity index is 2.29. The van der Waals surface area contributed by atoms with Gasteiger partial charge in [-0.05, 0) is 23.1 Å². The fourth-order valence-electron chi connectivity index (χ4n) is 1.55. The van der Waals surface area contributed by atoms with Gasteiger partial charge < -0.3 is 4.98 Å². The van der Waals surface area contributed by atoms with Crippen molar-refractivity contribution in [3.05, 3.63) is 56.5 Å². The lowest BCUT2D eigenvalue weighted by Crippen LogP contribution is -2.12. The first-order valence-corrected chi connectivity index (χ1v) is 5.43. The molecule has 0 radical (unpaired) electrons.